The van der Waals surface area contributed by atoms with Crippen molar-refractivity contribution in [1.29, 1.82) is 0 Å². The third-order valence-corrected chi connectivity index (χ3v) is 5.98. The Hall–Kier alpha value is -2.83. The van der Waals surface area contributed by atoms with E-state index in [2.05, 4.69) is 14.9 Å². The van der Waals surface area contributed by atoms with Crippen LogP contribution < -0.4 is 14.4 Å². The van der Waals surface area contributed by atoms with Crippen LogP contribution >= 0.6 is 0 Å². The van der Waals surface area contributed by atoms with Crippen LogP contribution in [0.25, 0.3) is 0 Å². The first-order valence-corrected chi connectivity index (χ1v) is 10.2. The minimum absolute atomic E-state index is 0.0250. The molecule has 1 aromatic carbocycles. The number of piperidine rings is 1. The molecule has 0 spiro atoms. The topological polar surface area (TPSA) is 67.8 Å². The summed E-state index contributed by atoms with van der Waals surface area (Å²) < 4.78 is 11.0. The number of ether oxygens (including phenoxy) is 2. The van der Waals surface area contributed by atoms with Crippen LogP contribution in [0.1, 0.15) is 37.3 Å². The second-order valence-corrected chi connectivity index (χ2v) is 7.65. The number of anilines is 1. The molecule has 29 heavy (non-hydrogen) atoms. The molecule has 0 aliphatic carbocycles. The summed E-state index contributed by atoms with van der Waals surface area (Å²) >= 11 is 0. The monoisotopic (exact) mass is 396 g/mol. The van der Waals surface area contributed by atoms with Crippen LogP contribution in [0.2, 0.25) is 0 Å². The summed E-state index contributed by atoms with van der Waals surface area (Å²) in [7, 11) is 3.33. The van der Waals surface area contributed by atoms with Crippen molar-refractivity contribution in [2.75, 3.05) is 38.8 Å². The number of hydrogen-bond acceptors (Lipinski definition) is 6. The molecule has 0 unspecified atom stereocenters. The number of nitrogens with zero attached hydrogens (tertiary/aromatic N) is 4. The first-order valence-electron chi connectivity index (χ1n) is 10.2. The summed E-state index contributed by atoms with van der Waals surface area (Å²) in [6.45, 7) is 2.39. The smallest absolute Gasteiger partial charge is 0.227 e. The minimum Gasteiger partial charge on any atom is -0.497 e. The summed E-state index contributed by atoms with van der Waals surface area (Å²) in [5.74, 6) is 2.64. The van der Waals surface area contributed by atoms with Crippen LogP contribution in [0.3, 0.4) is 0 Å². The number of likely N-dealkylation sites (tertiary alicyclic amines) is 1. The van der Waals surface area contributed by atoms with Crippen LogP contribution in [-0.2, 0) is 4.79 Å². The zero-order valence-corrected chi connectivity index (χ0v) is 17.1. The fraction of sp³-hybridized carbons (Fsp3) is 0.500. The fourth-order valence-electron chi connectivity index (χ4n) is 4.53. The molecule has 2 atom stereocenters. The van der Waals surface area contributed by atoms with Crippen LogP contribution in [-0.4, -0.2) is 54.6 Å². The molecule has 2 fully saturated rings. The zero-order chi connectivity index (χ0) is 20.2. The van der Waals surface area contributed by atoms with Crippen molar-refractivity contribution >= 4 is 11.7 Å². The van der Waals surface area contributed by atoms with E-state index in [1.165, 1.54) is 0 Å². The number of benzene rings is 1. The lowest BCUT2D eigenvalue weighted by Crippen LogP contribution is -2.45. The van der Waals surface area contributed by atoms with Gasteiger partial charge < -0.3 is 19.3 Å². The maximum atomic E-state index is 13.5. The van der Waals surface area contributed by atoms with Gasteiger partial charge in [-0.1, -0.05) is 0 Å². The van der Waals surface area contributed by atoms with Crippen molar-refractivity contribution in [3.05, 3.63) is 42.4 Å². The van der Waals surface area contributed by atoms with Gasteiger partial charge in [-0.15, -0.1) is 0 Å². The molecule has 0 N–H and O–H groups in total. The number of methoxy groups -OCH3 is 2. The molecule has 2 aliphatic rings. The highest BCUT2D eigenvalue weighted by Crippen LogP contribution is 2.40. The molecule has 4 rings (SSSR count). The van der Waals surface area contributed by atoms with Gasteiger partial charge in [-0.25, -0.2) is 4.98 Å². The molecule has 0 radical (unpaired) electrons. The van der Waals surface area contributed by atoms with Crippen LogP contribution in [0.5, 0.6) is 11.5 Å². The summed E-state index contributed by atoms with van der Waals surface area (Å²) in [5.41, 5.74) is 1.03. The van der Waals surface area contributed by atoms with Gasteiger partial charge in [0.1, 0.15) is 17.3 Å². The Morgan fingerprint density at radius 3 is 2.72 bits per heavy atom. The van der Waals surface area contributed by atoms with Crippen molar-refractivity contribution < 1.29 is 14.3 Å². The molecule has 3 heterocycles. The van der Waals surface area contributed by atoms with E-state index in [4.69, 9.17) is 9.47 Å². The Morgan fingerprint density at radius 1 is 1.10 bits per heavy atom. The van der Waals surface area contributed by atoms with Crippen molar-refractivity contribution in [3.63, 3.8) is 0 Å². The van der Waals surface area contributed by atoms with Gasteiger partial charge in [0.05, 0.1) is 32.4 Å². The summed E-state index contributed by atoms with van der Waals surface area (Å²) in [5, 5.41) is 0. The third kappa shape index (κ3) is 3.99. The second-order valence-electron chi connectivity index (χ2n) is 7.65. The highest BCUT2D eigenvalue weighted by atomic mass is 16.5. The van der Waals surface area contributed by atoms with Gasteiger partial charge in [0.2, 0.25) is 5.91 Å². The van der Waals surface area contributed by atoms with Crippen molar-refractivity contribution in [1.82, 2.24) is 14.9 Å². The van der Waals surface area contributed by atoms with Crippen molar-refractivity contribution in [3.8, 4) is 11.5 Å². The third-order valence-electron chi connectivity index (χ3n) is 5.98. The molecular weight excluding hydrogens is 368 g/mol. The average Bonchev–Trinajstić information content (AvgIpc) is 3.28. The average molecular weight is 396 g/mol. The SMILES string of the molecule is COc1ccc(OC)c([C@H]2CCCN2C(=O)[C@@H]2CCCN(c3cnccn3)C2)c1. The van der Waals surface area contributed by atoms with Crippen LogP contribution in [0.15, 0.2) is 36.8 Å². The molecular formula is C22H28N4O3. The van der Waals surface area contributed by atoms with Crippen LogP contribution in [0, 0.1) is 5.92 Å². The predicted octanol–water partition coefficient (Wildman–Crippen LogP) is 3.07. The van der Waals surface area contributed by atoms with Gasteiger partial charge in [-0.3, -0.25) is 9.78 Å². The number of carbonyl (C=O) groups is 1. The summed E-state index contributed by atoms with van der Waals surface area (Å²) in [6, 6.07) is 5.84. The van der Waals surface area contributed by atoms with Gasteiger partial charge in [-0.05, 0) is 43.9 Å². The number of rotatable bonds is 5. The van der Waals surface area contributed by atoms with Crippen molar-refractivity contribution in [2.24, 2.45) is 5.92 Å². The molecule has 2 aliphatic heterocycles. The molecule has 0 bridgehead atoms. The largest absolute Gasteiger partial charge is 0.497 e. The molecule has 7 heteroatoms. The Morgan fingerprint density at radius 2 is 1.97 bits per heavy atom. The number of carbonyl (C=O) groups excluding carboxylic acids is 1. The first-order chi connectivity index (χ1) is 14.2. The molecule has 1 aromatic heterocycles. The van der Waals surface area contributed by atoms with E-state index in [9.17, 15) is 4.79 Å². The van der Waals surface area contributed by atoms with Gasteiger partial charge in [0.25, 0.3) is 0 Å². The van der Waals surface area contributed by atoms with Crippen molar-refractivity contribution in [2.45, 2.75) is 31.7 Å². The van der Waals surface area contributed by atoms with E-state index in [0.29, 0.717) is 6.54 Å². The molecule has 7 nitrogen and oxygen atoms in total. The van der Waals surface area contributed by atoms with E-state index in [1.54, 1.807) is 32.8 Å². The molecule has 2 aromatic rings. The molecule has 0 saturated carbocycles. The van der Waals surface area contributed by atoms with E-state index in [0.717, 1.165) is 61.7 Å². The highest BCUT2D eigenvalue weighted by Gasteiger charge is 2.37. The van der Waals surface area contributed by atoms with E-state index < -0.39 is 0 Å². The lowest BCUT2D eigenvalue weighted by atomic mass is 9.95. The van der Waals surface area contributed by atoms with E-state index in [-0.39, 0.29) is 17.9 Å². The minimum atomic E-state index is -0.0250. The molecule has 2 saturated heterocycles. The molecule has 1 amide bonds. The van der Waals surface area contributed by atoms with Gasteiger partial charge in [0, 0.05) is 37.6 Å². The Bertz CT molecular complexity index is 845. The Balaban J connectivity index is 1.54. The standard InChI is InChI=1S/C22H28N4O3/c1-28-17-7-8-20(29-2)18(13-17)19-6-4-12-26(19)22(27)16-5-3-11-25(15-16)21-14-23-9-10-24-21/h7-10,13-14,16,19H,3-6,11-12,15H2,1-2H3/t16-,19-/m1/s1. The van der Waals surface area contributed by atoms with Gasteiger partial charge >= 0.3 is 0 Å². The van der Waals surface area contributed by atoms with Gasteiger partial charge in [0.15, 0.2) is 0 Å². The highest BCUT2D eigenvalue weighted by molar-refractivity contribution is 5.80. The van der Waals surface area contributed by atoms with Gasteiger partial charge in [-0.2, -0.15) is 0 Å². The zero-order valence-electron chi connectivity index (χ0n) is 17.1. The Labute approximate surface area is 171 Å². The quantitative estimate of drug-likeness (QED) is 0.774. The van der Waals surface area contributed by atoms with Crippen LogP contribution in [0.4, 0.5) is 5.82 Å². The Kier molecular flexibility index (Phi) is 5.83. The fourth-order valence-corrected chi connectivity index (χ4v) is 4.53. The van der Waals surface area contributed by atoms with E-state index in [1.807, 2.05) is 23.1 Å². The number of amides is 1. The first kappa shape index (κ1) is 19.5. The summed E-state index contributed by atoms with van der Waals surface area (Å²) in [6.07, 6.45) is 8.97. The predicted molar refractivity (Wildman–Crippen MR) is 110 cm³/mol. The normalized spacial score (nSPS) is 21.9. The second kappa shape index (κ2) is 8.68. The summed E-state index contributed by atoms with van der Waals surface area (Å²) in [4.78, 5) is 26.3. The maximum Gasteiger partial charge on any atom is 0.227 e. The lowest BCUT2D eigenvalue weighted by molar-refractivity contribution is -0.136. The van der Waals surface area contributed by atoms with E-state index >= 15 is 0 Å². The maximum absolute atomic E-state index is 13.5. The molecule has 154 valence electrons. The number of hydrogen-bond donors (Lipinski definition) is 0. The lowest BCUT2D eigenvalue weighted by Gasteiger charge is -2.36. The number of aromatic nitrogens is 2.